The van der Waals surface area contributed by atoms with Gasteiger partial charge in [-0.1, -0.05) is 32.4 Å². The van der Waals surface area contributed by atoms with Crippen molar-refractivity contribution in [1.82, 2.24) is 0 Å². The van der Waals surface area contributed by atoms with Crippen LogP contribution in [0.15, 0.2) is 18.2 Å². The Hall–Kier alpha value is -1.09. The van der Waals surface area contributed by atoms with Crippen molar-refractivity contribution in [2.45, 2.75) is 40.2 Å². The molecule has 0 saturated carbocycles. The zero-order valence-corrected chi connectivity index (χ0v) is 11.9. The lowest BCUT2D eigenvalue weighted by molar-refractivity contribution is 0.535. The van der Waals surface area contributed by atoms with Gasteiger partial charge in [0, 0.05) is 19.1 Å². The van der Waals surface area contributed by atoms with Gasteiger partial charge in [-0.2, -0.15) is 0 Å². The first kappa shape index (κ1) is 15.0. The van der Waals surface area contributed by atoms with E-state index in [-0.39, 0.29) is 11.9 Å². The number of hydrogen-bond acceptors (Lipinski definition) is 2. The standard InChI is InChI=1S/C15H25FN2/c1-5-11(3)10-18(6-2)15-13(12(4)17)8-7-9-14(15)16/h7-9,11-12H,5-6,10,17H2,1-4H3/t11?,12-/m1/s1. The summed E-state index contributed by atoms with van der Waals surface area (Å²) in [7, 11) is 0. The molecule has 0 saturated heterocycles. The molecule has 3 heteroatoms. The summed E-state index contributed by atoms with van der Waals surface area (Å²) in [4.78, 5) is 2.10. The average molecular weight is 252 g/mol. The maximum absolute atomic E-state index is 14.1. The van der Waals surface area contributed by atoms with Crippen molar-refractivity contribution < 1.29 is 4.39 Å². The number of rotatable bonds is 6. The van der Waals surface area contributed by atoms with Crippen molar-refractivity contribution in [3.05, 3.63) is 29.6 Å². The number of nitrogens with zero attached hydrogens (tertiary/aromatic N) is 1. The Bertz CT molecular complexity index is 377. The minimum Gasteiger partial charge on any atom is -0.369 e. The second kappa shape index (κ2) is 6.74. The molecule has 0 spiro atoms. The van der Waals surface area contributed by atoms with Gasteiger partial charge in [0.1, 0.15) is 5.82 Å². The predicted octanol–water partition coefficient (Wildman–Crippen LogP) is 3.72. The molecule has 1 unspecified atom stereocenters. The molecule has 0 fully saturated rings. The van der Waals surface area contributed by atoms with E-state index < -0.39 is 0 Å². The van der Waals surface area contributed by atoms with Gasteiger partial charge >= 0.3 is 0 Å². The van der Waals surface area contributed by atoms with Crippen LogP contribution in [0.1, 0.15) is 45.7 Å². The average Bonchev–Trinajstić information content (AvgIpc) is 2.35. The summed E-state index contributed by atoms with van der Waals surface area (Å²) in [6.45, 7) is 9.97. The molecule has 0 bridgehead atoms. The number of hydrogen-bond donors (Lipinski definition) is 1. The van der Waals surface area contributed by atoms with E-state index in [4.69, 9.17) is 5.73 Å². The van der Waals surface area contributed by atoms with Gasteiger partial charge in [-0.15, -0.1) is 0 Å². The molecule has 0 aliphatic rings. The first-order valence-corrected chi connectivity index (χ1v) is 6.80. The van der Waals surface area contributed by atoms with Crippen LogP contribution in [0.5, 0.6) is 0 Å². The van der Waals surface area contributed by atoms with E-state index in [2.05, 4.69) is 25.7 Å². The van der Waals surface area contributed by atoms with Gasteiger partial charge < -0.3 is 10.6 Å². The summed E-state index contributed by atoms with van der Waals surface area (Å²) < 4.78 is 14.1. The molecule has 2 atom stereocenters. The van der Waals surface area contributed by atoms with Gasteiger partial charge in [-0.05, 0) is 31.4 Å². The van der Waals surface area contributed by atoms with Gasteiger partial charge in [-0.3, -0.25) is 0 Å². The summed E-state index contributed by atoms with van der Waals surface area (Å²) in [5, 5.41) is 0. The quantitative estimate of drug-likeness (QED) is 0.836. The molecule has 0 aromatic heterocycles. The Balaban J connectivity index is 3.11. The number of nitrogens with two attached hydrogens (primary N) is 1. The highest BCUT2D eigenvalue weighted by molar-refractivity contribution is 5.56. The van der Waals surface area contributed by atoms with Crippen LogP contribution in [-0.2, 0) is 0 Å². The monoisotopic (exact) mass is 252 g/mol. The van der Waals surface area contributed by atoms with Crippen LogP contribution in [0.3, 0.4) is 0 Å². The molecule has 1 aromatic rings. The lowest BCUT2D eigenvalue weighted by atomic mass is 10.0. The molecule has 0 aliphatic carbocycles. The van der Waals surface area contributed by atoms with E-state index in [0.29, 0.717) is 11.6 Å². The van der Waals surface area contributed by atoms with Crippen LogP contribution in [0.2, 0.25) is 0 Å². The van der Waals surface area contributed by atoms with Crippen molar-refractivity contribution in [3.63, 3.8) is 0 Å². The molecule has 1 rings (SSSR count). The van der Waals surface area contributed by atoms with E-state index >= 15 is 0 Å². The van der Waals surface area contributed by atoms with E-state index in [9.17, 15) is 4.39 Å². The van der Waals surface area contributed by atoms with E-state index in [1.165, 1.54) is 6.07 Å². The van der Waals surface area contributed by atoms with Gasteiger partial charge in [0.25, 0.3) is 0 Å². The molecule has 18 heavy (non-hydrogen) atoms. The second-order valence-corrected chi connectivity index (χ2v) is 5.02. The van der Waals surface area contributed by atoms with Crippen molar-refractivity contribution in [2.75, 3.05) is 18.0 Å². The van der Waals surface area contributed by atoms with Gasteiger partial charge in [0.2, 0.25) is 0 Å². The van der Waals surface area contributed by atoms with E-state index in [0.717, 1.165) is 25.1 Å². The van der Waals surface area contributed by atoms with Gasteiger partial charge in [0.05, 0.1) is 5.69 Å². The Morgan fingerprint density at radius 1 is 1.28 bits per heavy atom. The second-order valence-electron chi connectivity index (χ2n) is 5.02. The molecule has 0 heterocycles. The number of halogens is 1. The molecule has 2 N–H and O–H groups in total. The highest BCUT2D eigenvalue weighted by Crippen LogP contribution is 2.29. The maximum atomic E-state index is 14.1. The lowest BCUT2D eigenvalue weighted by Gasteiger charge is -2.29. The summed E-state index contributed by atoms with van der Waals surface area (Å²) in [6, 6.07) is 5.01. The van der Waals surface area contributed by atoms with Crippen LogP contribution in [0.4, 0.5) is 10.1 Å². The van der Waals surface area contributed by atoms with Crippen molar-refractivity contribution in [3.8, 4) is 0 Å². The van der Waals surface area contributed by atoms with Crippen molar-refractivity contribution in [2.24, 2.45) is 11.7 Å². The molecule has 0 radical (unpaired) electrons. The fourth-order valence-electron chi connectivity index (χ4n) is 2.12. The summed E-state index contributed by atoms with van der Waals surface area (Å²) in [5.74, 6) is 0.375. The van der Waals surface area contributed by atoms with E-state index in [1.54, 1.807) is 6.07 Å². The van der Waals surface area contributed by atoms with Crippen molar-refractivity contribution >= 4 is 5.69 Å². The van der Waals surface area contributed by atoms with E-state index in [1.807, 2.05) is 13.0 Å². The molecular weight excluding hydrogens is 227 g/mol. The SMILES string of the molecule is CCC(C)CN(CC)c1c(F)cccc1[C@@H](C)N. The number of para-hydroxylation sites is 1. The number of anilines is 1. The third-order valence-electron chi connectivity index (χ3n) is 3.44. The van der Waals surface area contributed by atoms with Gasteiger partial charge in [0.15, 0.2) is 0 Å². The Kier molecular flexibility index (Phi) is 5.60. The summed E-state index contributed by atoms with van der Waals surface area (Å²) in [6.07, 6.45) is 1.10. The van der Waals surface area contributed by atoms with Crippen LogP contribution in [-0.4, -0.2) is 13.1 Å². The number of benzene rings is 1. The zero-order valence-electron chi connectivity index (χ0n) is 11.9. The first-order valence-electron chi connectivity index (χ1n) is 6.80. The summed E-state index contributed by atoms with van der Waals surface area (Å²) >= 11 is 0. The highest BCUT2D eigenvalue weighted by atomic mass is 19.1. The van der Waals surface area contributed by atoms with Crippen LogP contribution in [0.25, 0.3) is 0 Å². The molecule has 1 aromatic carbocycles. The Morgan fingerprint density at radius 3 is 2.44 bits per heavy atom. The molecular formula is C15H25FN2. The lowest BCUT2D eigenvalue weighted by Crippen LogP contribution is -2.30. The van der Waals surface area contributed by atoms with Crippen LogP contribution >= 0.6 is 0 Å². The predicted molar refractivity (Wildman–Crippen MR) is 76.3 cm³/mol. The third-order valence-corrected chi connectivity index (χ3v) is 3.44. The maximum Gasteiger partial charge on any atom is 0.146 e. The molecule has 2 nitrogen and oxygen atoms in total. The summed E-state index contributed by atoms with van der Waals surface area (Å²) in [5.41, 5.74) is 7.51. The molecule has 0 amide bonds. The fourth-order valence-corrected chi connectivity index (χ4v) is 2.12. The normalized spacial score (nSPS) is 14.3. The first-order chi connectivity index (χ1) is 8.51. The minimum atomic E-state index is -0.171. The smallest absolute Gasteiger partial charge is 0.146 e. The van der Waals surface area contributed by atoms with Crippen LogP contribution < -0.4 is 10.6 Å². The fraction of sp³-hybridized carbons (Fsp3) is 0.600. The topological polar surface area (TPSA) is 29.3 Å². The van der Waals surface area contributed by atoms with Gasteiger partial charge in [-0.25, -0.2) is 4.39 Å². The zero-order chi connectivity index (χ0) is 13.7. The van der Waals surface area contributed by atoms with Crippen molar-refractivity contribution in [1.29, 1.82) is 0 Å². The minimum absolute atomic E-state index is 0.151. The highest BCUT2D eigenvalue weighted by Gasteiger charge is 2.18. The molecule has 102 valence electrons. The van der Waals surface area contributed by atoms with Crippen LogP contribution in [0, 0.1) is 11.7 Å². The third kappa shape index (κ3) is 3.45. The molecule has 0 aliphatic heterocycles. The Morgan fingerprint density at radius 2 is 1.94 bits per heavy atom. The Labute approximate surface area is 110 Å². The largest absolute Gasteiger partial charge is 0.369 e.